The van der Waals surface area contributed by atoms with Crippen molar-refractivity contribution in [3.05, 3.63) is 73.1 Å². The smallest absolute Gasteiger partial charge is 0.261 e. The zero-order valence-electron chi connectivity index (χ0n) is 14.4. The number of H-pyrrole nitrogens is 1. The van der Waals surface area contributed by atoms with E-state index in [1.54, 1.807) is 24.5 Å². The minimum absolute atomic E-state index is 0.124. The van der Waals surface area contributed by atoms with Gasteiger partial charge in [0.15, 0.2) is 0 Å². The standard InChI is InChI=1S/C19H14N6O2S/c26-28(27,15-9-10-16-18(11-15)22-24-21-16)23-13-5-7-14(8-6-13)25-12-20-17-3-1-2-4-19(17)25/h1-12,23H,(H,21,22,24). The molecule has 0 aliphatic carbocycles. The molecule has 0 spiro atoms. The van der Waals surface area contributed by atoms with Crippen LogP contribution in [0.4, 0.5) is 5.69 Å². The van der Waals surface area contributed by atoms with E-state index in [1.165, 1.54) is 12.1 Å². The van der Waals surface area contributed by atoms with E-state index in [-0.39, 0.29) is 4.90 Å². The third-order valence-electron chi connectivity index (χ3n) is 4.45. The van der Waals surface area contributed by atoms with Gasteiger partial charge in [-0.1, -0.05) is 12.1 Å². The van der Waals surface area contributed by atoms with Crippen LogP contribution in [-0.4, -0.2) is 33.4 Å². The molecule has 0 bridgehead atoms. The van der Waals surface area contributed by atoms with Gasteiger partial charge in [-0.05, 0) is 54.6 Å². The molecule has 5 aromatic rings. The molecule has 0 unspecified atom stereocenters. The SMILES string of the molecule is O=S(=O)(Nc1ccc(-n2cnc3ccccc32)cc1)c1ccc2n[nH]nc2c1. The predicted octanol–water partition coefficient (Wildman–Crippen LogP) is 3.10. The number of fused-ring (bicyclic) bond motifs is 2. The molecule has 9 heteroatoms. The number of benzene rings is 3. The van der Waals surface area contributed by atoms with Gasteiger partial charge < -0.3 is 0 Å². The lowest BCUT2D eigenvalue weighted by Crippen LogP contribution is -2.12. The van der Waals surface area contributed by atoms with E-state index in [1.807, 2.05) is 41.0 Å². The molecule has 0 aliphatic heterocycles. The Labute approximate surface area is 159 Å². The summed E-state index contributed by atoms with van der Waals surface area (Å²) in [4.78, 5) is 4.50. The average Bonchev–Trinajstić information content (AvgIpc) is 3.34. The lowest BCUT2D eigenvalue weighted by Gasteiger charge is -2.10. The highest BCUT2D eigenvalue weighted by atomic mass is 32.2. The maximum Gasteiger partial charge on any atom is 0.261 e. The van der Waals surface area contributed by atoms with Crippen molar-refractivity contribution in [2.24, 2.45) is 0 Å². The van der Waals surface area contributed by atoms with Crippen molar-refractivity contribution in [1.82, 2.24) is 25.0 Å². The van der Waals surface area contributed by atoms with E-state index >= 15 is 0 Å². The van der Waals surface area contributed by atoms with E-state index in [9.17, 15) is 8.42 Å². The van der Waals surface area contributed by atoms with Gasteiger partial charge in [0.25, 0.3) is 10.0 Å². The highest BCUT2D eigenvalue weighted by Gasteiger charge is 2.16. The first-order chi connectivity index (χ1) is 13.6. The largest absolute Gasteiger partial charge is 0.299 e. The number of rotatable bonds is 4. The number of aromatic nitrogens is 5. The number of anilines is 1. The van der Waals surface area contributed by atoms with Crippen LogP contribution in [0.1, 0.15) is 0 Å². The molecule has 138 valence electrons. The van der Waals surface area contributed by atoms with Crippen LogP contribution in [-0.2, 0) is 10.0 Å². The molecular formula is C19H14N6O2S. The lowest BCUT2D eigenvalue weighted by atomic mass is 10.2. The van der Waals surface area contributed by atoms with Crippen LogP contribution in [0.2, 0.25) is 0 Å². The summed E-state index contributed by atoms with van der Waals surface area (Å²) in [6.07, 6.45) is 1.75. The number of hydrogen-bond acceptors (Lipinski definition) is 5. The Morgan fingerprint density at radius 1 is 0.857 bits per heavy atom. The Balaban J connectivity index is 1.44. The van der Waals surface area contributed by atoms with Gasteiger partial charge in [0, 0.05) is 11.4 Å². The molecule has 28 heavy (non-hydrogen) atoms. The monoisotopic (exact) mass is 390 g/mol. The summed E-state index contributed by atoms with van der Waals surface area (Å²) >= 11 is 0. The number of sulfonamides is 1. The van der Waals surface area contributed by atoms with Gasteiger partial charge in [-0.3, -0.25) is 9.29 Å². The first-order valence-corrected chi connectivity index (χ1v) is 9.94. The molecule has 0 amide bonds. The second kappa shape index (κ2) is 6.17. The van der Waals surface area contributed by atoms with E-state index < -0.39 is 10.0 Å². The Morgan fingerprint density at radius 3 is 2.50 bits per heavy atom. The van der Waals surface area contributed by atoms with E-state index in [0.29, 0.717) is 16.7 Å². The zero-order valence-corrected chi connectivity index (χ0v) is 15.3. The van der Waals surface area contributed by atoms with Crippen molar-refractivity contribution < 1.29 is 8.42 Å². The van der Waals surface area contributed by atoms with Crippen LogP contribution < -0.4 is 4.72 Å². The molecule has 0 fully saturated rings. The Hall–Kier alpha value is -3.72. The summed E-state index contributed by atoms with van der Waals surface area (Å²) in [6, 6.07) is 19.5. The van der Waals surface area contributed by atoms with Crippen LogP contribution in [0.25, 0.3) is 27.8 Å². The first kappa shape index (κ1) is 16.5. The molecule has 2 aromatic heterocycles. The third-order valence-corrected chi connectivity index (χ3v) is 5.83. The fraction of sp³-hybridized carbons (Fsp3) is 0. The Kier molecular flexibility index (Phi) is 3.63. The van der Waals surface area contributed by atoms with Crippen LogP contribution in [0, 0.1) is 0 Å². The zero-order chi connectivity index (χ0) is 19.1. The fourth-order valence-corrected chi connectivity index (χ4v) is 4.13. The summed E-state index contributed by atoms with van der Waals surface area (Å²) in [7, 11) is -3.73. The quantitative estimate of drug-likeness (QED) is 0.490. The number of nitrogens with zero attached hydrogens (tertiary/aromatic N) is 4. The number of nitrogens with one attached hydrogen (secondary N) is 2. The normalized spacial score (nSPS) is 11.9. The topological polar surface area (TPSA) is 106 Å². The number of para-hydroxylation sites is 2. The minimum atomic E-state index is -3.73. The summed E-state index contributed by atoms with van der Waals surface area (Å²) in [5.74, 6) is 0. The molecule has 2 heterocycles. The van der Waals surface area contributed by atoms with Crippen LogP contribution in [0.15, 0.2) is 78.0 Å². The minimum Gasteiger partial charge on any atom is -0.299 e. The molecule has 0 aliphatic rings. The van der Waals surface area contributed by atoms with Crippen molar-refractivity contribution in [2.75, 3.05) is 4.72 Å². The third kappa shape index (κ3) is 2.78. The van der Waals surface area contributed by atoms with Crippen molar-refractivity contribution in [2.45, 2.75) is 4.90 Å². The molecule has 0 saturated carbocycles. The van der Waals surface area contributed by atoms with Crippen LogP contribution >= 0.6 is 0 Å². The lowest BCUT2D eigenvalue weighted by molar-refractivity contribution is 0.601. The fourth-order valence-electron chi connectivity index (χ4n) is 3.06. The molecular weight excluding hydrogens is 376 g/mol. The van der Waals surface area contributed by atoms with E-state index in [0.717, 1.165) is 16.7 Å². The average molecular weight is 390 g/mol. The van der Waals surface area contributed by atoms with Crippen molar-refractivity contribution in [1.29, 1.82) is 0 Å². The van der Waals surface area contributed by atoms with Crippen molar-refractivity contribution in [3.63, 3.8) is 0 Å². The Morgan fingerprint density at radius 2 is 1.64 bits per heavy atom. The first-order valence-electron chi connectivity index (χ1n) is 8.46. The summed E-state index contributed by atoms with van der Waals surface area (Å²) in [6.45, 7) is 0. The highest BCUT2D eigenvalue weighted by Crippen LogP contribution is 2.22. The van der Waals surface area contributed by atoms with E-state index in [2.05, 4.69) is 25.1 Å². The van der Waals surface area contributed by atoms with Gasteiger partial charge in [-0.2, -0.15) is 15.4 Å². The van der Waals surface area contributed by atoms with Crippen molar-refractivity contribution in [3.8, 4) is 5.69 Å². The predicted molar refractivity (Wildman–Crippen MR) is 106 cm³/mol. The summed E-state index contributed by atoms with van der Waals surface area (Å²) in [5, 5.41) is 10.3. The van der Waals surface area contributed by atoms with Crippen LogP contribution in [0.5, 0.6) is 0 Å². The molecule has 3 aromatic carbocycles. The van der Waals surface area contributed by atoms with Gasteiger partial charge in [0.05, 0.1) is 15.9 Å². The molecule has 0 saturated heterocycles. The van der Waals surface area contributed by atoms with Gasteiger partial charge in [-0.25, -0.2) is 13.4 Å². The molecule has 8 nitrogen and oxygen atoms in total. The number of hydrogen-bond donors (Lipinski definition) is 2. The maximum absolute atomic E-state index is 12.7. The molecule has 5 rings (SSSR count). The molecule has 2 N–H and O–H groups in total. The van der Waals surface area contributed by atoms with E-state index in [4.69, 9.17) is 0 Å². The molecule has 0 radical (unpaired) electrons. The summed E-state index contributed by atoms with van der Waals surface area (Å²) in [5.41, 5.74) is 4.34. The van der Waals surface area contributed by atoms with Gasteiger partial charge in [-0.15, -0.1) is 0 Å². The van der Waals surface area contributed by atoms with Gasteiger partial charge >= 0.3 is 0 Å². The molecule has 0 atom stereocenters. The Bertz CT molecular complexity index is 1400. The maximum atomic E-state index is 12.7. The summed E-state index contributed by atoms with van der Waals surface area (Å²) < 4.78 is 29.9. The number of aromatic amines is 1. The van der Waals surface area contributed by atoms with Gasteiger partial charge in [0.1, 0.15) is 17.4 Å². The number of imidazole rings is 1. The highest BCUT2D eigenvalue weighted by molar-refractivity contribution is 7.92. The van der Waals surface area contributed by atoms with Gasteiger partial charge in [0.2, 0.25) is 0 Å². The van der Waals surface area contributed by atoms with Crippen LogP contribution in [0.3, 0.4) is 0 Å². The second-order valence-electron chi connectivity index (χ2n) is 6.23. The van der Waals surface area contributed by atoms with Crippen molar-refractivity contribution >= 4 is 37.8 Å². The second-order valence-corrected chi connectivity index (χ2v) is 7.91.